The number of hydrogen-bond acceptors (Lipinski definition) is 1. The number of benzene rings is 2. The molecule has 0 aliphatic heterocycles. The van der Waals surface area contributed by atoms with Crippen molar-refractivity contribution in [2.75, 3.05) is 0 Å². The van der Waals surface area contributed by atoms with Crippen molar-refractivity contribution < 1.29 is 0 Å². The molecule has 3 aromatic rings. The smallest absolute Gasteiger partial charge is 0.0771 e. The molecule has 3 rings (SSSR count). The quantitative estimate of drug-likeness (QED) is 0.450. The zero-order chi connectivity index (χ0) is 18.0. The monoisotopic (exact) mass is 394 g/mol. The number of aliphatic imine (C=N–C) groups is 1. The number of aryl methyl sites for hydroxylation is 3. The number of halogens is 1. The van der Waals surface area contributed by atoms with E-state index in [2.05, 4.69) is 77.4 Å². The molecule has 1 heterocycles. The molecule has 0 atom stereocenters. The molecule has 0 fully saturated rings. The summed E-state index contributed by atoms with van der Waals surface area (Å²) >= 11 is 3.55. The fourth-order valence-electron chi connectivity index (χ4n) is 3.28. The van der Waals surface area contributed by atoms with E-state index in [1.54, 1.807) is 0 Å². The lowest BCUT2D eigenvalue weighted by atomic mass is 10.1. The van der Waals surface area contributed by atoms with Gasteiger partial charge in [-0.2, -0.15) is 0 Å². The van der Waals surface area contributed by atoms with Gasteiger partial charge in [0.15, 0.2) is 0 Å². The summed E-state index contributed by atoms with van der Waals surface area (Å²) in [4.78, 5) is 4.66. The van der Waals surface area contributed by atoms with Crippen LogP contribution in [0.2, 0.25) is 0 Å². The van der Waals surface area contributed by atoms with Gasteiger partial charge < -0.3 is 4.57 Å². The van der Waals surface area contributed by atoms with E-state index >= 15 is 0 Å². The molecule has 0 radical (unpaired) electrons. The van der Waals surface area contributed by atoms with Gasteiger partial charge in [0, 0.05) is 27.6 Å². The van der Waals surface area contributed by atoms with Crippen molar-refractivity contribution in [2.24, 2.45) is 4.99 Å². The molecule has 25 heavy (non-hydrogen) atoms. The minimum Gasteiger partial charge on any atom is -0.317 e. The van der Waals surface area contributed by atoms with Gasteiger partial charge >= 0.3 is 0 Å². The van der Waals surface area contributed by atoms with Gasteiger partial charge in [-0.25, -0.2) is 0 Å². The number of hydrogen-bond donors (Lipinski definition) is 0. The Balaban J connectivity index is 2.07. The average Bonchev–Trinajstić information content (AvgIpc) is 2.88. The van der Waals surface area contributed by atoms with Crippen molar-refractivity contribution >= 4 is 27.8 Å². The fraction of sp³-hybridized carbons (Fsp3) is 0.227. The van der Waals surface area contributed by atoms with E-state index in [1.807, 2.05) is 30.5 Å². The minimum atomic E-state index is 0.942. The Bertz CT molecular complexity index is 935. The molecule has 0 saturated carbocycles. The van der Waals surface area contributed by atoms with Gasteiger partial charge in [-0.05, 0) is 72.4 Å². The predicted octanol–water partition coefficient (Wildman–Crippen LogP) is 6.48. The van der Waals surface area contributed by atoms with Crippen molar-refractivity contribution in [1.82, 2.24) is 4.57 Å². The minimum absolute atomic E-state index is 0.942. The first-order valence-electron chi connectivity index (χ1n) is 8.59. The lowest BCUT2D eigenvalue weighted by Gasteiger charge is -2.17. The van der Waals surface area contributed by atoms with Crippen LogP contribution in [-0.2, 0) is 6.42 Å². The first-order chi connectivity index (χ1) is 12.0. The van der Waals surface area contributed by atoms with Crippen LogP contribution in [0.5, 0.6) is 0 Å². The number of aromatic nitrogens is 1. The van der Waals surface area contributed by atoms with Crippen molar-refractivity contribution in [3.8, 4) is 5.69 Å². The maximum atomic E-state index is 4.66. The molecule has 128 valence electrons. The summed E-state index contributed by atoms with van der Waals surface area (Å²) in [6.07, 6.45) is 2.98. The van der Waals surface area contributed by atoms with Crippen LogP contribution in [0.3, 0.4) is 0 Å². The van der Waals surface area contributed by atoms with Gasteiger partial charge in [-0.3, -0.25) is 4.99 Å². The lowest BCUT2D eigenvalue weighted by Crippen LogP contribution is -2.05. The third kappa shape index (κ3) is 3.47. The molecule has 0 spiro atoms. The van der Waals surface area contributed by atoms with Crippen molar-refractivity contribution in [3.05, 3.63) is 81.1 Å². The topological polar surface area (TPSA) is 17.3 Å². The first kappa shape index (κ1) is 17.7. The molecule has 0 unspecified atom stereocenters. The molecule has 2 nitrogen and oxygen atoms in total. The maximum Gasteiger partial charge on any atom is 0.0771 e. The second-order valence-electron chi connectivity index (χ2n) is 6.31. The van der Waals surface area contributed by atoms with Crippen LogP contribution in [0, 0.1) is 20.8 Å². The van der Waals surface area contributed by atoms with E-state index < -0.39 is 0 Å². The van der Waals surface area contributed by atoms with Gasteiger partial charge in [0.1, 0.15) is 0 Å². The van der Waals surface area contributed by atoms with Gasteiger partial charge in [0.2, 0.25) is 0 Å². The zero-order valence-electron chi connectivity index (χ0n) is 15.2. The van der Waals surface area contributed by atoms with Gasteiger partial charge in [0.05, 0.1) is 11.4 Å². The van der Waals surface area contributed by atoms with Crippen LogP contribution in [-0.4, -0.2) is 10.8 Å². The van der Waals surface area contributed by atoms with Crippen LogP contribution in [0.15, 0.2) is 58.0 Å². The molecule has 0 aliphatic rings. The Morgan fingerprint density at radius 3 is 2.52 bits per heavy atom. The Morgan fingerprint density at radius 1 is 1.04 bits per heavy atom. The predicted molar refractivity (Wildman–Crippen MR) is 111 cm³/mol. The Morgan fingerprint density at radius 2 is 1.80 bits per heavy atom. The Labute approximate surface area is 158 Å². The largest absolute Gasteiger partial charge is 0.317 e. The Kier molecular flexibility index (Phi) is 5.24. The van der Waals surface area contributed by atoms with E-state index in [0.717, 1.165) is 22.1 Å². The highest BCUT2D eigenvalue weighted by atomic mass is 79.9. The van der Waals surface area contributed by atoms with Gasteiger partial charge in [0.25, 0.3) is 0 Å². The van der Waals surface area contributed by atoms with E-state index in [4.69, 9.17) is 0 Å². The van der Waals surface area contributed by atoms with Crippen molar-refractivity contribution in [2.45, 2.75) is 34.1 Å². The molecule has 0 aliphatic carbocycles. The van der Waals surface area contributed by atoms with E-state index in [9.17, 15) is 0 Å². The highest BCUT2D eigenvalue weighted by Crippen LogP contribution is 2.28. The number of nitrogens with zero attached hydrogens (tertiary/aromatic N) is 2. The van der Waals surface area contributed by atoms with Crippen molar-refractivity contribution in [3.63, 3.8) is 0 Å². The molecule has 0 amide bonds. The number of para-hydroxylation sites is 2. The number of rotatable bonds is 4. The summed E-state index contributed by atoms with van der Waals surface area (Å²) in [6, 6.07) is 16.8. The van der Waals surface area contributed by atoms with Gasteiger partial charge in [-0.1, -0.05) is 37.3 Å². The van der Waals surface area contributed by atoms with Crippen molar-refractivity contribution in [1.29, 1.82) is 0 Å². The van der Waals surface area contributed by atoms with E-state index in [1.165, 1.54) is 28.2 Å². The molecule has 3 heteroatoms. The van der Waals surface area contributed by atoms with E-state index in [0.29, 0.717) is 0 Å². The van der Waals surface area contributed by atoms with Crippen LogP contribution < -0.4 is 0 Å². The van der Waals surface area contributed by atoms with Gasteiger partial charge in [-0.15, -0.1) is 0 Å². The van der Waals surface area contributed by atoms with Crippen LogP contribution >= 0.6 is 15.9 Å². The zero-order valence-corrected chi connectivity index (χ0v) is 16.8. The maximum absolute atomic E-state index is 4.66. The second-order valence-corrected chi connectivity index (χ2v) is 7.16. The van der Waals surface area contributed by atoms with Crippen LogP contribution in [0.1, 0.15) is 35.0 Å². The fourth-order valence-corrected chi connectivity index (χ4v) is 3.67. The summed E-state index contributed by atoms with van der Waals surface area (Å²) < 4.78 is 3.36. The van der Waals surface area contributed by atoms with E-state index in [-0.39, 0.29) is 0 Å². The molecule has 1 aromatic heterocycles. The average molecular weight is 395 g/mol. The Hall–Kier alpha value is -2.13. The lowest BCUT2D eigenvalue weighted by molar-refractivity contribution is 0.926. The molecule has 2 aromatic carbocycles. The summed E-state index contributed by atoms with van der Waals surface area (Å²) in [5.74, 6) is 0. The standard InChI is InChI=1S/C22H23BrN2/c1-5-18-10-8-9-15(2)22(18)25-16(3)13-19(17(25)4)14-24-21-12-7-6-11-20(21)23/h6-14H,5H2,1-4H3. The molecule has 0 N–H and O–H groups in total. The summed E-state index contributed by atoms with van der Waals surface area (Å²) in [6.45, 7) is 8.72. The molecule has 0 saturated heterocycles. The van der Waals surface area contributed by atoms with Crippen LogP contribution in [0.4, 0.5) is 5.69 Å². The third-order valence-corrected chi connectivity index (χ3v) is 5.26. The summed E-state index contributed by atoms with van der Waals surface area (Å²) in [5.41, 5.74) is 8.52. The third-order valence-electron chi connectivity index (χ3n) is 4.59. The second kappa shape index (κ2) is 7.40. The SMILES string of the molecule is CCc1cccc(C)c1-n1c(C)cc(C=Nc2ccccc2Br)c1C. The highest BCUT2D eigenvalue weighted by Gasteiger charge is 2.14. The van der Waals surface area contributed by atoms with Crippen LogP contribution in [0.25, 0.3) is 5.69 Å². The first-order valence-corrected chi connectivity index (χ1v) is 9.38. The summed E-state index contributed by atoms with van der Waals surface area (Å²) in [7, 11) is 0. The normalized spacial score (nSPS) is 11.4. The highest BCUT2D eigenvalue weighted by molar-refractivity contribution is 9.10. The summed E-state index contributed by atoms with van der Waals surface area (Å²) in [5, 5.41) is 0. The molecule has 0 bridgehead atoms. The molecular weight excluding hydrogens is 372 g/mol. The molecular formula is C22H23BrN2.